The van der Waals surface area contributed by atoms with Crippen LogP contribution in [0.4, 0.5) is 19.0 Å². The summed E-state index contributed by atoms with van der Waals surface area (Å²) in [4.78, 5) is 6.67. The van der Waals surface area contributed by atoms with Crippen molar-refractivity contribution in [2.24, 2.45) is 0 Å². The van der Waals surface area contributed by atoms with Crippen molar-refractivity contribution < 1.29 is 17.9 Å². The monoisotopic (exact) mass is 303 g/mol. The van der Waals surface area contributed by atoms with Gasteiger partial charge in [0.15, 0.2) is 0 Å². The maximum atomic E-state index is 12.7. The van der Waals surface area contributed by atoms with E-state index in [1.807, 2.05) is 0 Å². The van der Waals surface area contributed by atoms with Crippen LogP contribution in [0.2, 0.25) is 5.02 Å². The third-order valence-electron chi connectivity index (χ3n) is 2.25. The Bertz CT molecular complexity index is 602. The average molecular weight is 304 g/mol. The molecule has 0 atom stereocenters. The highest BCUT2D eigenvalue weighted by Crippen LogP contribution is 2.30. The van der Waals surface area contributed by atoms with E-state index in [0.717, 1.165) is 0 Å². The molecule has 1 aromatic heterocycles. The van der Waals surface area contributed by atoms with Crippen molar-refractivity contribution >= 4 is 17.4 Å². The van der Waals surface area contributed by atoms with Gasteiger partial charge in [-0.15, -0.1) is 0 Å². The molecule has 1 N–H and O–H groups in total. The van der Waals surface area contributed by atoms with E-state index in [9.17, 15) is 13.2 Å². The Kier molecular flexibility index (Phi) is 3.99. The maximum Gasteiger partial charge on any atom is 0.451 e. The van der Waals surface area contributed by atoms with Gasteiger partial charge in [0.1, 0.15) is 11.6 Å². The van der Waals surface area contributed by atoms with Crippen LogP contribution >= 0.6 is 11.6 Å². The van der Waals surface area contributed by atoms with Crippen molar-refractivity contribution in [2.75, 3.05) is 12.4 Å². The average Bonchev–Trinajstić information content (AvgIpc) is 2.40. The summed E-state index contributed by atoms with van der Waals surface area (Å²) in [6, 6.07) is 7.43. The Morgan fingerprint density at radius 1 is 1.15 bits per heavy atom. The molecule has 0 bridgehead atoms. The number of nitrogens with one attached hydrogen (secondary N) is 1. The number of halogens is 4. The highest BCUT2D eigenvalue weighted by atomic mass is 35.5. The number of hydrogen-bond acceptors (Lipinski definition) is 4. The first kappa shape index (κ1) is 14.4. The number of nitrogens with zero attached hydrogens (tertiary/aromatic N) is 2. The predicted octanol–water partition coefficient (Wildman–Crippen LogP) is 3.98. The largest absolute Gasteiger partial charge is 0.451 e. The fourth-order valence-electron chi connectivity index (χ4n) is 1.36. The van der Waals surface area contributed by atoms with Crippen molar-refractivity contribution in [1.29, 1.82) is 0 Å². The van der Waals surface area contributed by atoms with Crippen LogP contribution < -0.4 is 10.1 Å². The smallest absolute Gasteiger partial charge is 0.439 e. The summed E-state index contributed by atoms with van der Waals surface area (Å²) < 4.78 is 43.2. The molecule has 1 aromatic carbocycles. The molecule has 2 aromatic rings. The van der Waals surface area contributed by atoms with E-state index in [1.54, 1.807) is 12.1 Å². The Balaban J connectivity index is 2.33. The van der Waals surface area contributed by atoms with Crippen LogP contribution in [0.15, 0.2) is 30.3 Å². The van der Waals surface area contributed by atoms with E-state index >= 15 is 0 Å². The minimum atomic E-state index is -4.65. The normalized spacial score (nSPS) is 11.2. The van der Waals surface area contributed by atoms with E-state index in [4.69, 9.17) is 16.3 Å². The van der Waals surface area contributed by atoms with Crippen LogP contribution in [0.5, 0.6) is 11.6 Å². The number of hydrogen-bond donors (Lipinski definition) is 1. The van der Waals surface area contributed by atoms with Crippen LogP contribution in [0.25, 0.3) is 0 Å². The Hall–Kier alpha value is -2.02. The molecule has 106 valence electrons. The highest BCUT2D eigenvalue weighted by molar-refractivity contribution is 6.30. The summed E-state index contributed by atoms with van der Waals surface area (Å²) in [5.74, 6) is -1.15. The maximum absolute atomic E-state index is 12.7. The second-order valence-electron chi connectivity index (χ2n) is 3.72. The second-order valence-corrected chi connectivity index (χ2v) is 4.16. The van der Waals surface area contributed by atoms with Gasteiger partial charge in [0.25, 0.3) is 0 Å². The molecule has 0 fully saturated rings. The van der Waals surface area contributed by atoms with Gasteiger partial charge < -0.3 is 10.1 Å². The summed E-state index contributed by atoms with van der Waals surface area (Å²) in [6.07, 6.45) is -4.65. The standard InChI is InChI=1S/C12H9ClF3N3O/c1-17-9-6-10(19-11(18-9)12(14,15)16)20-8-4-2-7(13)3-5-8/h2-6H,1H3,(H,17,18,19). The molecule has 1 heterocycles. The Morgan fingerprint density at radius 2 is 1.80 bits per heavy atom. The third kappa shape index (κ3) is 3.51. The number of benzene rings is 1. The molecular weight excluding hydrogens is 295 g/mol. The van der Waals surface area contributed by atoms with Crippen LogP contribution in [0, 0.1) is 0 Å². The molecule has 0 radical (unpaired) electrons. The lowest BCUT2D eigenvalue weighted by molar-refractivity contribution is -0.145. The molecule has 0 aliphatic rings. The first-order valence-electron chi connectivity index (χ1n) is 5.46. The van der Waals surface area contributed by atoms with E-state index in [1.165, 1.54) is 25.2 Å². The lowest BCUT2D eigenvalue weighted by Crippen LogP contribution is -2.12. The lowest BCUT2D eigenvalue weighted by atomic mass is 10.3. The van der Waals surface area contributed by atoms with Gasteiger partial charge in [-0.2, -0.15) is 18.2 Å². The molecule has 20 heavy (non-hydrogen) atoms. The van der Waals surface area contributed by atoms with Gasteiger partial charge >= 0.3 is 6.18 Å². The Labute approximate surface area is 117 Å². The van der Waals surface area contributed by atoms with Gasteiger partial charge in [-0.1, -0.05) is 11.6 Å². The summed E-state index contributed by atoms with van der Waals surface area (Å²) in [5.41, 5.74) is 0. The number of alkyl halides is 3. The second kappa shape index (κ2) is 5.54. The zero-order valence-electron chi connectivity index (χ0n) is 10.2. The predicted molar refractivity (Wildman–Crippen MR) is 68.1 cm³/mol. The molecule has 4 nitrogen and oxygen atoms in total. The molecule has 0 amide bonds. The molecule has 2 rings (SSSR count). The van der Waals surface area contributed by atoms with Crippen molar-refractivity contribution in [3.63, 3.8) is 0 Å². The summed E-state index contributed by atoms with van der Waals surface area (Å²) >= 11 is 5.71. The fourth-order valence-corrected chi connectivity index (χ4v) is 1.48. The van der Waals surface area contributed by atoms with E-state index in [-0.39, 0.29) is 11.7 Å². The summed E-state index contributed by atoms with van der Waals surface area (Å²) in [7, 11) is 1.45. The number of rotatable bonds is 3. The van der Waals surface area contributed by atoms with Crippen LogP contribution in [-0.2, 0) is 6.18 Å². The van der Waals surface area contributed by atoms with Gasteiger partial charge in [-0.25, -0.2) is 4.98 Å². The van der Waals surface area contributed by atoms with Crippen LogP contribution in [-0.4, -0.2) is 17.0 Å². The van der Waals surface area contributed by atoms with Crippen molar-refractivity contribution in [2.45, 2.75) is 6.18 Å². The molecule has 0 aliphatic carbocycles. The fraction of sp³-hybridized carbons (Fsp3) is 0.167. The first-order valence-corrected chi connectivity index (χ1v) is 5.84. The SMILES string of the molecule is CNc1cc(Oc2ccc(Cl)cc2)nc(C(F)(F)F)n1. The molecule has 0 saturated heterocycles. The minimum absolute atomic E-state index is 0.0105. The summed E-state index contributed by atoms with van der Waals surface area (Å²) in [5, 5.41) is 3.02. The quantitative estimate of drug-likeness (QED) is 0.931. The Morgan fingerprint density at radius 3 is 2.35 bits per heavy atom. The van der Waals surface area contributed by atoms with Gasteiger partial charge in [0.2, 0.25) is 11.7 Å². The van der Waals surface area contributed by atoms with Crippen molar-refractivity contribution in [3.05, 3.63) is 41.2 Å². The van der Waals surface area contributed by atoms with Gasteiger partial charge in [0.05, 0.1) is 0 Å². The topological polar surface area (TPSA) is 47.0 Å². The zero-order chi connectivity index (χ0) is 14.8. The lowest BCUT2D eigenvalue weighted by Gasteiger charge is -2.10. The van der Waals surface area contributed by atoms with Crippen molar-refractivity contribution in [3.8, 4) is 11.6 Å². The molecule has 8 heteroatoms. The van der Waals surface area contributed by atoms with Crippen molar-refractivity contribution in [1.82, 2.24) is 9.97 Å². The van der Waals surface area contributed by atoms with Gasteiger partial charge in [-0.3, -0.25) is 0 Å². The molecule has 0 spiro atoms. The zero-order valence-corrected chi connectivity index (χ0v) is 11.0. The highest BCUT2D eigenvalue weighted by Gasteiger charge is 2.35. The van der Waals surface area contributed by atoms with Gasteiger partial charge in [-0.05, 0) is 24.3 Å². The van der Waals surface area contributed by atoms with E-state index < -0.39 is 12.0 Å². The third-order valence-corrected chi connectivity index (χ3v) is 2.50. The van der Waals surface area contributed by atoms with Crippen LogP contribution in [0.1, 0.15) is 5.82 Å². The number of anilines is 1. The minimum Gasteiger partial charge on any atom is -0.439 e. The molecule has 0 unspecified atom stereocenters. The van der Waals surface area contributed by atoms with E-state index in [0.29, 0.717) is 10.8 Å². The van der Waals surface area contributed by atoms with E-state index in [2.05, 4.69) is 15.3 Å². The molecule has 0 saturated carbocycles. The van der Waals surface area contributed by atoms with Crippen LogP contribution in [0.3, 0.4) is 0 Å². The molecular formula is C12H9ClF3N3O. The summed E-state index contributed by atoms with van der Waals surface area (Å²) in [6.45, 7) is 0. The number of aromatic nitrogens is 2. The first-order chi connectivity index (χ1) is 9.38. The van der Waals surface area contributed by atoms with Gasteiger partial charge in [0, 0.05) is 18.1 Å². The number of ether oxygens (including phenoxy) is 1. The molecule has 0 aliphatic heterocycles.